The van der Waals surface area contributed by atoms with Crippen molar-refractivity contribution in [3.63, 3.8) is 0 Å². The summed E-state index contributed by atoms with van der Waals surface area (Å²) < 4.78 is 11.7. The van der Waals surface area contributed by atoms with E-state index in [1.165, 1.54) is 11.1 Å². The van der Waals surface area contributed by atoms with E-state index in [2.05, 4.69) is 37.1 Å². The second-order valence-electron chi connectivity index (χ2n) is 8.25. The van der Waals surface area contributed by atoms with E-state index >= 15 is 0 Å². The monoisotopic (exact) mass is 380 g/mol. The van der Waals surface area contributed by atoms with Crippen LogP contribution in [0.15, 0.2) is 42.5 Å². The number of methoxy groups -OCH3 is 1. The fourth-order valence-corrected chi connectivity index (χ4v) is 4.94. The van der Waals surface area contributed by atoms with Crippen molar-refractivity contribution in [2.24, 2.45) is 11.7 Å². The summed E-state index contributed by atoms with van der Waals surface area (Å²) in [4.78, 5) is 13.7. The summed E-state index contributed by atoms with van der Waals surface area (Å²) in [6, 6.07) is 14.0. The third kappa shape index (κ3) is 3.14. The van der Waals surface area contributed by atoms with Crippen LogP contribution >= 0.6 is 0 Å². The number of hydrogen-bond donors (Lipinski definition) is 1. The number of benzene rings is 2. The van der Waals surface area contributed by atoms with Crippen LogP contribution in [0.25, 0.3) is 0 Å². The number of hydrogen-bond acceptors (Lipinski definition) is 4. The van der Waals surface area contributed by atoms with Gasteiger partial charge in [0.15, 0.2) is 0 Å². The zero-order chi connectivity index (χ0) is 19.9. The van der Waals surface area contributed by atoms with Gasteiger partial charge in [-0.25, -0.2) is 0 Å². The topological polar surface area (TPSA) is 64.8 Å². The average molecular weight is 380 g/mol. The number of piperidine rings is 1. The molecule has 1 aliphatic heterocycles. The first kappa shape index (κ1) is 18.8. The number of likely N-dealkylation sites (tertiary alicyclic amines) is 1. The lowest BCUT2D eigenvalue weighted by Gasteiger charge is -2.54. The predicted octanol–water partition coefficient (Wildman–Crippen LogP) is 3.01. The second kappa shape index (κ2) is 7.13. The minimum Gasteiger partial charge on any atom is -0.497 e. The fourth-order valence-electron chi connectivity index (χ4n) is 4.94. The van der Waals surface area contributed by atoms with Crippen molar-refractivity contribution >= 4 is 5.91 Å². The van der Waals surface area contributed by atoms with E-state index in [0.717, 1.165) is 30.9 Å². The van der Waals surface area contributed by atoms with Crippen LogP contribution < -0.4 is 15.2 Å². The van der Waals surface area contributed by atoms with Crippen LogP contribution in [0.3, 0.4) is 0 Å². The molecule has 0 spiro atoms. The quantitative estimate of drug-likeness (QED) is 0.866. The highest BCUT2D eigenvalue weighted by atomic mass is 16.5. The van der Waals surface area contributed by atoms with Crippen LogP contribution in [-0.2, 0) is 11.8 Å². The lowest BCUT2D eigenvalue weighted by molar-refractivity contribution is 0.0118. The summed E-state index contributed by atoms with van der Waals surface area (Å²) in [6.07, 6.45) is 2.12. The Morgan fingerprint density at radius 3 is 2.61 bits per heavy atom. The molecule has 4 rings (SSSR count). The zero-order valence-corrected chi connectivity index (χ0v) is 16.8. The standard InChI is InChI=1S/C23H28N2O3/c1-23-10-11-25(2)21(12-16-6-9-18(27-3)13-19(16)23)20(23)14-28-17-7-4-15(5-8-17)22(24)26/h4-9,13,20-21H,10-12,14H2,1-3H3,(H2,24,26)/t20-,21?,23-/m1/s1. The summed E-state index contributed by atoms with van der Waals surface area (Å²) in [5.41, 5.74) is 8.68. The van der Waals surface area contributed by atoms with Gasteiger partial charge in [0.2, 0.25) is 5.91 Å². The minimum atomic E-state index is -0.423. The van der Waals surface area contributed by atoms with Crippen molar-refractivity contribution in [2.75, 3.05) is 27.3 Å². The number of amides is 1. The first-order valence-electron chi connectivity index (χ1n) is 9.82. The Kier molecular flexibility index (Phi) is 4.79. The Bertz CT molecular complexity index is 880. The Balaban J connectivity index is 1.61. The molecule has 0 aromatic heterocycles. The van der Waals surface area contributed by atoms with E-state index < -0.39 is 5.91 Å². The van der Waals surface area contributed by atoms with E-state index in [9.17, 15) is 4.79 Å². The van der Waals surface area contributed by atoms with Crippen molar-refractivity contribution < 1.29 is 14.3 Å². The number of nitrogens with zero attached hydrogens (tertiary/aromatic N) is 1. The van der Waals surface area contributed by atoms with E-state index in [1.807, 2.05) is 12.1 Å². The first-order chi connectivity index (χ1) is 13.4. The Hall–Kier alpha value is -2.53. The molecule has 1 saturated heterocycles. The Morgan fingerprint density at radius 1 is 1.21 bits per heavy atom. The third-order valence-electron chi connectivity index (χ3n) is 6.76. The van der Waals surface area contributed by atoms with Gasteiger partial charge in [0, 0.05) is 22.9 Å². The number of ether oxygens (including phenoxy) is 2. The number of likely N-dealkylation sites (N-methyl/N-ethyl adjacent to an activating group) is 1. The number of primary amides is 1. The lowest BCUT2D eigenvalue weighted by atomic mass is 9.58. The number of carbonyl (C=O) groups is 1. The Labute approximate surface area is 166 Å². The number of rotatable bonds is 5. The number of carbonyl (C=O) groups excluding carboxylic acids is 1. The van der Waals surface area contributed by atoms with E-state index in [4.69, 9.17) is 15.2 Å². The maximum absolute atomic E-state index is 11.3. The normalized spacial score (nSPS) is 26.4. The van der Waals surface area contributed by atoms with Crippen molar-refractivity contribution in [2.45, 2.75) is 31.2 Å². The van der Waals surface area contributed by atoms with E-state index in [-0.39, 0.29) is 5.41 Å². The molecule has 1 unspecified atom stereocenters. The third-order valence-corrected chi connectivity index (χ3v) is 6.76. The molecule has 0 saturated carbocycles. The molecule has 1 fully saturated rings. The number of nitrogens with two attached hydrogens (primary N) is 1. The Morgan fingerprint density at radius 2 is 1.93 bits per heavy atom. The molecule has 0 radical (unpaired) electrons. The molecule has 2 aromatic rings. The van der Waals surface area contributed by atoms with Gasteiger partial charge in [-0.15, -0.1) is 0 Å². The molecule has 2 N–H and O–H groups in total. The van der Waals surface area contributed by atoms with Gasteiger partial charge in [-0.3, -0.25) is 4.79 Å². The van der Waals surface area contributed by atoms with Gasteiger partial charge in [-0.05, 0) is 74.0 Å². The van der Waals surface area contributed by atoms with Gasteiger partial charge in [0.1, 0.15) is 11.5 Å². The predicted molar refractivity (Wildman–Crippen MR) is 109 cm³/mol. The van der Waals surface area contributed by atoms with Gasteiger partial charge >= 0.3 is 0 Å². The van der Waals surface area contributed by atoms with Gasteiger partial charge in [-0.1, -0.05) is 13.0 Å². The van der Waals surface area contributed by atoms with Crippen molar-refractivity contribution in [3.8, 4) is 11.5 Å². The van der Waals surface area contributed by atoms with E-state index in [0.29, 0.717) is 24.1 Å². The van der Waals surface area contributed by atoms with Crippen molar-refractivity contribution in [1.82, 2.24) is 4.90 Å². The summed E-state index contributed by atoms with van der Waals surface area (Å²) >= 11 is 0. The molecule has 5 heteroatoms. The summed E-state index contributed by atoms with van der Waals surface area (Å²) in [6.45, 7) is 4.09. The molecule has 1 heterocycles. The molecule has 2 bridgehead atoms. The zero-order valence-electron chi connectivity index (χ0n) is 16.8. The van der Waals surface area contributed by atoms with Crippen LogP contribution in [0.2, 0.25) is 0 Å². The molecule has 2 aliphatic rings. The molecule has 5 nitrogen and oxygen atoms in total. The van der Waals surface area contributed by atoms with Gasteiger partial charge in [0.25, 0.3) is 0 Å². The highest BCUT2D eigenvalue weighted by Gasteiger charge is 2.50. The van der Waals surface area contributed by atoms with Gasteiger partial charge < -0.3 is 20.1 Å². The smallest absolute Gasteiger partial charge is 0.248 e. The summed E-state index contributed by atoms with van der Waals surface area (Å²) in [5, 5.41) is 0. The molecule has 3 atom stereocenters. The summed E-state index contributed by atoms with van der Waals surface area (Å²) in [5.74, 6) is 1.64. The molecule has 148 valence electrons. The minimum absolute atomic E-state index is 0.0481. The van der Waals surface area contributed by atoms with Crippen LogP contribution in [0, 0.1) is 5.92 Å². The van der Waals surface area contributed by atoms with Crippen LogP contribution in [0.5, 0.6) is 11.5 Å². The molecular formula is C23H28N2O3. The average Bonchev–Trinajstić information content (AvgIpc) is 2.70. The van der Waals surface area contributed by atoms with Crippen LogP contribution in [0.4, 0.5) is 0 Å². The van der Waals surface area contributed by atoms with Crippen LogP contribution in [-0.4, -0.2) is 44.2 Å². The maximum atomic E-state index is 11.3. The number of fused-ring (bicyclic) bond motifs is 4. The highest BCUT2D eigenvalue weighted by molar-refractivity contribution is 5.92. The SMILES string of the molecule is COc1ccc2c(c1)[C@@]1(C)CCN(C)C(C2)[C@H]1COc1ccc(C(N)=O)cc1. The largest absolute Gasteiger partial charge is 0.497 e. The first-order valence-corrected chi connectivity index (χ1v) is 9.82. The molecular weight excluding hydrogens is 352 g/mol. The molecule has 28 heavy (non-hydrogen) atoms. The highest BCUT2D eigenvalue weighted by Crippen LogP contribution is 2.49. The van der Waals surface area contributed by atoms with Crippen molar-refractivity contribution in [3.05, 3.63) is 59.2 Å². The van der Waals surface area contributed by atoms with E-state index in [1.54, 1.807) is 19.2 Å². The van der Waals surface area contributed by atoms with Crippen LogP contribution in [0.1, 0.15) is 34.8 Å². The fraction of sp³-hybridized carbons (Fsp3) is 0.435. The molecule has 2 aromatic carbocycles. The van der Waals surface area contributed by atoms with Crippen molar-refractivity contribution in [1.29, 1.82) is 0 Å². The van der Waals surface area contributed by atoms with Gasteiger partial charge in [-0.2, -0.15) is 0 Å². The molecule has 1 aliphatic carbocycles. The summed E-state index contributed by atoms with van der Waals surface area (Å²) in [7, 11) is 3.94. The van der Waals surface area contributed by atoms with Gasteiger partial charge in [0.05, 0.1) is 13.7 Å². The maximum Gasteiger partial charge on any atom is 0.248 e. The second-order valence-corrected chi connectivity index (χ2v) is 8.25. The molecule has 1 amide bonds. The lowest BCUT2D eigenvalue weighted by Crippen LogP contribution is -2.59.